The van der Waals surface area contributed by atoms with Gasteiger partial charge in [-0.3, -0.25) is 9.59 Å². The van der Waals surface area contributed by atoms with E-state index in [4.69, 9.17) is 9.52 Å². The van der Waals surface area contributed by atoms with Crippen LogP contribution in [0.1, 0.15) is 32.4 Å². The van der Waals surface area contributed by atoms with Gasteiger partial charge in [0.2, 0.25) is 5.91 Å². The fourth-order valence-corrected chi connectivity index (χ4v) is 2.00. The van der Waals surface area contributed by atoms with Crippen LogP contribution >= 0.6 is 0 Å². The highest BCUT2D eigenvalue weighted by molar-refractivity contribution is 5.91. The predicted molar refractivity (Wildman–Crippen MR) is 75.9 cm³/mol. The Balaban J connectivity index is 2.41. The predicted octanol–water partition coefficient (Wildman–Crippen LogP) is 2.55. The molecule has 1 aromatic heterocycles. The summed E-state index contributed by atoms with van der Waals surface area (Å²) in [6.07, 6.45) is 5.33. The van der Waals surface area contributed by atoms with E-state index in [1.165, 1.54) is 12.3 Å². The van der Waals surface area contributed by atoms with Gasteiger partial charge in [-0.1, -0.05) is 13.8 Å². The van der Waals surface area contributed by atoms with Crippen molar-refractivity contribution in [1.82, 2.24) is 5.32 Å². The van der Waals surface area contributed by atoms with Crippen LogP contribution in [-0.4, -0.2) is 23.5 Å². The first-order chi connectivity index (χ1) is 9.47. The van der Waals surface area contributed by atoms with Gasteiger partial charge in [0.15, 0.2) is 0 Å². The maximum atomic E-state index is 11.6. The molecule has 0 radical (unpaired) electrons. The molecule has 0 bridgehead atoms. The molecule has 5 heteroatoms. The number of furan rings is 1. The molecule has 1 heterocycles. The summed E-state index contributed by atoms with van der Waals surface area (Å²) in [6, 6.07) is 3.49. The molecule has 0 saturated heterocycles. The Labute approximate surface area is 118 Å². The standard InChI is InChI=1S/C15H21NO4/c1-11(2)8-12(9-15(18)19)10-16-14(17)6-5-13-4-3-7-20-13/h3-7,11-12H,8-10H2,1-2H3,(H,16,17)(H,18,19)/t12-/m0/s1. The van der Waals surface area contributed by atoms with Crippen LogP contribution in [0.4, 0.5) is 0 Å². The molecule has 1 rings (SSSR count). The Morgan fingerprint density at radius 2 is 2.20 bits per heavy atom. The average molecular weight is 279 g/mol. The molecule has 0 unspecified atom stereocenters. The first-order valence-corrected chi connectivity index (χ1v) is 6.68. The second kappa shape index (κ2) is 8.19. The average Bonchev–Trinajstić information content (AvgIpc) is 2.85. The summed E-state index contributed by atoms with van der Waals surface area (Å²) >= 11 is 0. The van der Waals surface area contributed by atoms with E-state index in [9.17, 15) is 9.59 Å². The van der Waals surface area contributed by atoms with E-state index in [0.717, 1.165) is 6.42 Å². The van der Waals surface area contributed by atoms with E-state index in [1.807, 2.05) is 13.8 Å². The molecule has 5 nitrogen and oxygen atoms in total. The lowest BCUT2D eigenvalue weighted by atomic mass is 9.94. The van der Waals surface area contributed by atoms with Gasteiger partial charge in [0.25, 0.3) is 0 Å². The quantitative estimate of drug-likeness (QED) is 0.717. The fraction of sp³-hybridized carbons (Fsp3) is 0.467. The van der Waals surface area contributed by atoms with E-state index in [2.05, 4.69) is 5.32 Å². The molecular weight excluding hydrogens is 258 g/mol. The van der Waals surface area contributed by atoms with Crippen LogP contribution in [-0.2, 0) is 9.59 Å². The Morgan fingerprint density at radius 3 is 2.75 bits per heavy atom. The molecule has 0 aromatic carbocycles. The third-order valence-corrected chi connectivity index (χ3v) is 2.78. The van der Waals surface area contributed by atoms with Crippen molar-refractivity contribution in [1.29, 1.82) is 0 Å². The summed E-state index contributed by atoms with van der Waals surface area (Å²) in [5.74, 6) is -0.135. The normalized spacial score (nSPS) is 12.8. The number of carbonyl (C=O) groups is 2. The first-order valence-electron chi connectivity index (χ1n) is 6.68. The van der Waals surface area contributed by atoms with E-state index >= 15 is 0 Å². The smallest absolute Gasteiger partial charge is 0.303 e. The van der Waals surface area contributed by atoms with Crippen LogP contribution in [0.3, 0.4) is 0 Å². The lowest BCUT2D eigenvalue weighted by Gasteiger charge is -2.17. The molecule has 110 valence electrons. The van der Waals surface area contributed by atoms with Crippen molar-refractivity contribution in [2.24, 2.45) is 11.8 Å². The molecule has 0 aliphatic rings. The highest BCUT2D eigenvalue weighted by Crippen LogP contribution is 2.14. The van der Waals surface area contributed by atoms with E-state index in [0.29, 0.717) is 18.2 Å². The molecule has 1 atom stereocenters. The number of carboxylic acids is 1. The summed E-state index contributed by atoms with van der Waals surface area (Å²) in [7, 11) is 0. The number of aliphatic carboxylic acids is 1. The zero-order valence-electron chi connectivity index (χ0n) is 11.8. The van der Waals surface area contributed by atoms with Crippen LogP contribution in [0.25, 0.3) is 6.08 Å². The van der Waals surface area contributed by atoms with Crippen LogP contribution in [0.5, 0.6) is 0 Å². The third kappa shape index (κ3) is 6.78. The number of rotatable bonds is 8. The SMILES string of the molecule is CC(C)C[C@H](CNC(=O)C=Cc1ccco1)CC(=O)O. The van der Waals surface area contributed by atoms with Crippen LogP contribution in [0.15, 0.2) is 28.9 Å². The number of hydrogen-bond acceptors (Lipinski definition) is 3. The highest BCUT2D eigenvalue weighted by atomic mass is 16.4. The molecule has 1 aromatic rings. The Kier molecular flexibility index (Phi) is 6.56. The zero-order chi connectivity index (χ0) is 15.0. The Morgan fingerprint density at radius 1 is 1.45 bits per heavy atom. The molecule has 20 heavy (non-hydrogen) atoms. The van der Waals surface area contributed by atoms with Gasteiger partial charge in [-0.25, -0.2) is 0 Å². The van der Waals surface area contributed by atoms with Crippen molar-refractivity contribution >= 4 is 18.0 Å². The van der Waals surface area contributed by atoms with Crippen LogP contribution in [0.2, 0.25) is 0 Å². The topological polar surface area (TPSA) is 79.5 Å². The number of carbonyl (C=O) groups excluding carboxylic acids is 1. The van der Waals surface area contributed by atoms with E-state index < -0.39 is 5.97 Å². The van der Waals surface area contributed by atoms with Crippen molar-refractivity contribution in [3.63, 3.8) is 0 Å². The summed E-state index contributed by atoms with van der Waals surface area (Å²) in [4.78, 5) is 22.4. The number of nitrogens with one attached hydrogen (secondary N) is 1. The second-order valence-electron chi connectivity index (χ2n) is 5.19. The maximum Gasteiger partial charge on any atom is 0.303 e. The second-order valence-corrected chi connectivity index (χ2v) is 5.19. The third-order valence-electron chi connectivity index (χ3n) is 2.78. The van der Waals surface area contributed by atoms with Gasteiger partial charge in [0.1, 0.15) is 5.76 Å². The molecule has 0 saturated carbocycles. The molecule has 0 spiro atoms. The van der Waals surface area contributed by atoms with Crippen LogP contribution in [0, 0.1) is 11.8 Å². The van der Waals surface area contributed by atoms with Gasteiger partial charge in [-0.2, -0.15) is 0 Å². The maximum absolute atomic E-state index is 11.6. The molecule has 1 amide bonds. The summed E-state index contributed by atoms with van der Waals surface area (Å²) in [5.41, 5.74) is 0. The minimum Gasteiger partial charge on any atom is -0.481 e. The van der Waals surface area contributed by atoms with E-state index in [-0.39, 0.29) is 18.2 Å². The van der Waals surface area contributed by atoms with Crippen LogP contribution < -0.4 is 5.32 Å². The van der Waals surface area contributed by atoms with Crippen molar-refractivity contribution in [3.8, 4) is 0 Å². The Bertz CT molecular complexity index is 448. The highest BCUT2D eigenvalue weighted by Gasteiger charge is 2.15. The van der Waals surface area contributed by atoms with Crippen molar-refractivity contribution in [2.45, 2.75) is 26.7 Å². The minimum absolute atomic E-state index is 0.0477. The van der Waals surface area contributed by atoms with Gasteiger partial charge in [0.05, 0.1) is 6.26 Å². The van der Waals surface area contributed by atoms with Gasteiger partial charge < -0.3 is 14.8 Å². The Hall–Kier alpha value is -2.04. The number of hydrogen-bond donors (Lipinski definition) is 2. The lowest BCUT2D eigenvalue weighted by molar-refractivity contribution is -0.138. The van der Waals surface area contributed by atoms with Gasteiger partial charge >= 0.3 is 5.97 Å². The largest absolute Gasteiger partial charge is 0.481 e. The molecule has 0 aliphatic heterocycles. The number of carboxylic acid groups (broad SMARTS) is 1. The zero-order valence-corrected chi connectivity index (χ0v) is 11.8. The molecule has 0 fully saturated rings. The van der Waals surface area contributed by atoms with Crippen molar-refractivity contribution < 1.29 is 19.1 Å². The van der Waals surface area contributed by atoms with Crippen molar-refractivity contribution in [3.05, 3.63) is 30.2 Å². The summed E-state index contributed by atoms with van der Waals surface area (Å²) < 4.78 is 5.07. The van der Waals surface area contributed by atoms with Gasteiger partial charge in [-0.15, -0.1) is 0 Å². The summed E-state index contributed by atoms with van der Waals surface area (Å²) in [6.45, 7) is 4.44. The molecule has 2 N–H and O–H groups in total. The van der Waals surface area contributed by atoms with Gasteiger partial charge in [-0.05, 0) is 36.5 Å². The summed E-state index contributed by atoms with van der Waals surface area (Å²) in [5, 5.41) is 11.6. The lowest BCUT2D eigenvalue weighted by Crippen LogP contribution is -2.29. The first kappa shape index (κ1) is 16.0. The number of amides is 1. The fourth-order valence-electron chi connectivity index (χ4n) is 2.00. The minimum atomic E-state index is -0.837. The molecule has 0 aliphatic carbocycles. The monoisotopic (exact) mass is 279 g/mol. The van der Waals surface area contributed by atoms with E-state index in [1.54, 1.807) is 18.2 Å². The molecular formula is C15H21NO4. The van der Waals surface area contributed by atoms with Crippen molar-refractivity contribution in [2.75, 3.05) is 6.54 Å². The van der Waals surface area contributed by atoms with Gasteiger partial charge in [0, 0.05) is 19.0 Å².